The van der Waals surface area contributed by atoms with E-state index in [0.717, 1.165) is 31.7 Å². The molecule has 0 unspecified atom stereocenters. The maximum absolute atomic E-state index is 13.8. The van der Waals surface area contributed by atoms with E-state index in [1.807, 2.05) is 0 Å². The highest BCUT2D eigenvalue weighted by atomic mass is 19.1. The van der Waals surface area contributed by atoms with Crippen LogP contribution in [0.5, 0.6) is 5.75 Å². The van der Waals surface area contributed by atoms with Gasteiger partial charge in [0.05, 0.1) is 5.54 Å². The maximum Gasteiger partial charge on any atom is 0.248 e. The van der Waals surface area contributed by atoms with Gasteiger partial charge in [-0.05, 0) is 31.0 Å². The Hall–Kier alpha value is -1.62. The number of hydrogen-bond donors (Lipinski definition) is 2. The predicted molar refractivity (Wildman–Crippen MR) is 75.0 cm³/mol. The number of carbonyl (C=O) groups is 1. The van der Waals surface area contributed by atoms with Gasteiger partial charge in [-0.15, -0.1) is 0 Å². The molecule has 0 aromatic heterocycles. The Labute approximate surface area is 118 Å². The molecule has 1 fully saturated rings. The van der Waals surface area contributed by atoms with Crippen LogP contribution < -0.4 is 16.2 Å². The summed E-state index contributed by atoms with van der Waals surface area (Å²) in [7, 11) is 0. The number of hydrogen-bond acceptors (Lipinski definition) is 3. The predicted octanol–water partition coefficient (Wildman–Crippen LogP) is 2.36. The average Bonchev–Trinajstić information content (AvgIpc) is 2.62. The van der Waals surface area contributed by atoms with E-state index in [2.05, 4.69) is 0 Å². The third-order valence-corrected chi connectivity index (χ3v) is 3.83. The van der Waals surface area contributed by atoms with Gasteiger partial charge in [-0.1, -0.05) is 25.7 Å². The smallest absolute Gasteiger partial charge is 0.248 e. The summed E-state index contributed by atoms with van der Waals surface area (Å²) in [6.07, 6.45) is 6.36. The Morgan fingerprint density at radius 2 is 1.90 bits per heavy atom. The van der Waals surface area contributed by atoms with Crippen LogP contribution in [-0.2, 0) is 0 Å². The van der Waals surface area contributed by atoms with Gasteiger partial charge < -0.3 is 16.2 Å². The molecule has 0 spiro atoms. The molecule has 5 heteroatoms. The summed E-state index contributed by atoms with van der Waals surface area (Å²) >= 11 is 0. The van der Waals surface area contributed by atoms with Crippen molar-refractivity contribution in [1.82, 2.24) is 0 Å². The van der Waals surface area contributed by atoms with Crippen molar-refractivity contribution in [3.63, 3.8) is 0 Å². The van der Waals surface area contributed by atoms with E-state index >= 15 is 0 Å². The molecule has 1 aromatic rings. The lowest BCUT2D eigenvalue weighted by molar-refractivity contribution is 0.0999. The van der Waals surface area contributed by atoms with E-state index in [-0.39, 0.29) is 16.9 Å². The molecule has 2 rings (SSSR count). The lowest BCUT2D eigenvalue weighted by atomic mass is 9.92. The molecule has 0 atom stereocenters. The minimum absolute atomic E-state index is 0.115. The van der Waals surface area contributed by atoms with Gasteiger partial charge in [0.25, 0.3) is 0 Å². The van der Waals surface area contributed by atoms with Gasteiger partial charge in [0.2, 0.25) is 5.91 Å². The van der Waals surface area contributed by atoms with Crippen molar-refractivity contribution in [2.45, 2.75) is 44.1 Å². The number of nitrogens with two attached hydrogens (primary N) is 2. The van der Waals surface area contributed by atoms with Crippen molar-refractivity contribution in [3.8, 4) is 5.75 Å². The topological polar surface area (TPSA) is 78.3 Å². The van der Waals surface area contributed by atoms with Crippen LogP contribution in [0.25, 0.3) is 0 Å². The molecule has 1 aromatic carbocycles. The van der Waals surface area contributed by atoms with E-state index in [0.29, 0.717) is 6.61 Å². The molecule has 1 aliphatic rings. The summed E-state index contributed by atoms with van der Waals surface area (Å²) in [6.45, 7) is 0.292. The number of amides is 1. The Morgan fingerprint density at radius 3 is 2.45 bits per heavy atom. The van der Waals surface area contributed by atoms with Gasteiger partial charge >= 0.3 is 0 Å². The van der Waals surface area contributed by atoms with Gasteiger partial charge in [-0.3, -0.25) is 4.79 Å². The third kappa shape index (κ3) is 3.70. The van der Waals surface area contributed by atoms with Crippen molar-refractivity contribution < 1.29 is 13.9 Å². The molecule has 0 saturated heterocycles. The van der Waals surface area contributed by atoms with Crippen molar-refractivity contribution in [2.75, 3.05) is 6.61 Å². The number of benzene rings is 1. The van der Waals surface area contributed by atoms with Gasteiger partial charge in [0.1, 0.15) is 6.61 Å². The number of rotatable bonds is 4. The second kappa shape index (κ2) is 6.22. The van der Waals surface area contributed by atoms with Gasteiger partial charge in [0.15, 0.2) is 11.6 Å². The van der Waals surface area contributed by atoms with E-state index < -0.39 is 11.7 Å². The van der Waals surface area contributed by atoms with Crippen molar-refractivity contribution in [3.05, 3.63) is 29.6 Å². The standard InChI is InChI=1S/C15H21FN2O2/c16-12-9-11(14(17)19)5-6-13(12)20-10-15(18)7-3-1-2-4-8-15/h5-6,9H,1-4,7-8,10,18H2,(H2,17,19). The van der Waals surface area contributed by atoms with Crippen LogP contribution in [0.2, 0.25) is 0 Å². The summed E-state index contributed by atoms with van der Waals surface area (Å²) in [6, 6.07) is 3.97. The van der Waals surface area contributed by atoms with Crippen LogP contribution in [0.1, 0.15) is 48.9 Å². The molecule has 20 heavy (non-hydrogen) atoms. The zero-order valence-electron chi connectivity index (χ0n) is 11.5. The molecule has 1 amide bonds. The van der Waals surface area contributed by atoms with Crippen LogP contribution >= 0.6 is 0 Å². The van der Waals surface area contributed by atoms with E-state index in [1.165, 1.54) is 25.0 Å². The monoisotopic (exact) mass is 280 g/mol. The largest absolute Gasteiger partial charge is 0.489 e. The van der Waals surface area contributed by atoms with E-state index in [1.54, 1.807) is 0 Å². The summed E-state index contributed by atoms with van der Waals surface area (Å²) in [5, 5.41) is 0. The Balaban J connectivity index is 2.01. The maximum atomic E-state index is 13.8. The van der Waals surface area contributed by atoms with Crippen LogP contribution in [0.15, 0.2) is 18.2 Å². The average molecular weight is 280 g/mol. The molecular formula is C15H21FN2O2. The normalized spacial score (nSPS) is 18.3. The molecule has 110 valence electrons. The second-order valence-electron chi connectivity index (χ2n) is 5.57. The molecule has 0 radical (unpaired) electrons. The first-order valence-electron chi connectivity index (χ1n) is 7.01. The van der Waals surface area contributed by atoms with Crippen molar-refractivity contribution >= 4 is 5.91 Å². The van der Waals surface area contributed by atoms with Crippen LogP contribution in [0.3, 0.4) is 0 Å². The Bertz CT molecular complexity index is 483. The fourth-order valence-electron chi connectivity index (χ4n) is 2.57. The third-order valence-electron chi connectivity index (χ3n) is 3.83. The number of halogens is 1. The SMILES string of the molecule is NC(=O)c1ccc(OCC2(N)CCCCCC2)c(F)c1. The second-order valence-corrected chi connectivity index (χ2v) is 5.57. The molecule has 1 aliphatic carbocycles. The molecular weight excluding hydrogens is 259 g/mol. The highest BCUT2D eigenvalue weighted by Gasteiger charge is 2.27. The molecule has 0 heterocycles. The van der Waals surface area contributed by atoms with Gasteiger partial charge in [-0.2, -0.15) is 0 Å². The van der Waals surface area contributed by atoms with Crippen LogP contribution in [0, 0.1) is 5.82 Å². The molecule has 4 N–H and O–H groups in total. The first kappa shape index (κ1) is 14.8. The fraction of sp³-hybridized carbons (Fsp3) is 0.533. The first-order chi connectivity index (χ1) is 9.50. The van der Waals surface area contributed by atoms with Crippen LogP contribution in [0.4, 0.5) is 4.39 Å². The molecule has 0 aliphatic heterocycles. The molecule has 1 saturated carbocycles. The Kier molecular flexibility index (Phi) is 4.60. The number of ether oxygens (including phenoxy) is 1. The van der Waals surface area contributed by atoms with Crippen LogP contribution in [-0.4, -0.2) is 18.1 Å². The van der Waals surface area contributed by atoms with Gasteiger partial charge in [-0.25, -0.2) is 4.39 Å². The summed E-state index contributed by atoms with van der Waals surface area (Å²) in [5.41, 5.74) is 11.2. The fourth-order valence-corrected chi connectivity index (χ4v) is 2.57. The zero-order valence-corrected chi connectivity index (χ0v) is 11.5. The Morgan fingerprint density at radius 1 is 1.25 bits per heavy atom. The van der Waals surface area contributed by atoms with E-state index in [4.69, 9.17) is 16.2 Å². The molecule has 4 nitrogen and oxygen atoms in total. The minimum Gasteiger partial charge on any atom is -0.489 e. The quantitative estimate of drug-likeness (QED) is 0.831. The zero-order chi connectivity index (χ0) is 14.6. The van der Waals surface area contributed by atoms with Gasteiger partial charge in [0, 0.05) is 5.56 Å². The molecule has 0 bridgehead atoms. The summed E-state index contributed by atoms with van der Waals surface area (Å²) in [5.74, 6) is -1.13. The summed E-state index contributed by atoms with van der Waals surface area (Å²) < 4.78 is 19.3. The number of carbonyl (C=O) groups excluding carboxylic acids is 1. The number of primary amides is 1. The lowest BCUT2D eigenvalue weighted by Gasteiger charge is -2.28. The highest BCUT2D eigenvalue weighted by molar-refractivity contribution is 5.92. The first-order valence-corrected chi connectivity index (χ1v) is 7.01. The lowest BCUT2D eigenvalue weighted by Crippen LogP contribution is -2.45. The minimum atomic E-state index is -0.658. The van der Waals surface area contributed by atoms with Crippen molar-refractivity contribution in [1.29, 1.82) is 0 Å². The van der Waals surface area contributed by atoms with E-state index in [9.17, 15) is 9.18 Å². The highest BCUT2D eigenvalue weighted by Crippen LogP contribution is 2.27. The van der Waals surface area contributed by atoms with Crippen molar-refractivity contribution in [2.24, 2.45) is 11.5 Å². The summed E-state index contributed by atoms with van der Waals surface area (Å²) in [4.78, 5) is 11.0.